The molecular weight excluding hydrogens is 494 g/mol. The van der Waals surface area contributed by atoms with Crippen LogP contribution in [0.2, 0.25) is 0 Å². The van der Waals surface area contributed by atoms with E-state index in [9.17, 15) is 4.79 Å². The monoisotopic (exact) mass is 523 g/mol. The number of ether oxygens (including phenoxy) is 2. The Hall–Kier alpha value is -4.53. The normalized spacial score (nSPS) is 18.4. The van der Waals surface area contributed by atoms with Gasteiger partial charge in [0, 0.05) is 24.3 Å². The number of hydrogen-bond acceptors (Lipinski definition) is 8. The van der Waals surface area contributed by atoms with Crippen LogP contribution in [0.1, 0.15) is 62.0 Å². The van der Waals surface area contributed by atoms with E-state index in [-0.39, 0.29) is 17.8 Å². The number of fused-ring (bicyclic) bond motifs is 3. The van der Waals surface area contributed by atoms with Crippen LogP contribution in [-0.2, 0) is 16.2 Å². The van der Waals surface area contributed by atoms with Crippen LogP contribution in [0.3, 0.4) is 0 Å². The summed E-state index contributed by atoms with van der Waals surface area (Å²) in [6.45, 7) is 6.13. The Morgan fingerprint density at radius 2 is 1.90 bits per heavy atom. The molecule has 198 valence electrons. The van der Waals surface area contributed by atoms with Gasteiger partial charge in [0.1, 0.15) is 17.8 Å². The first-order valence-electron chi connectivity index (χ1n) is 12.9. The van der Waals surface area contributed by atoms with E-state index in [4.69, 9.17) is 19.3 Å². The average molecular weight is 524 g/mol. The second-order valence-electron chi connectivity index (χ2n) is 10.7. The molecule has 0 radical (unpaired) electrons. The molecule has 9 heteroatoms. The smallest absolute Gasteiger partial charge is 0.228 e. The minimum absolute atomic E-state index is 0.0727. The number of benzene rings is 2. The molecule has 1 aliphatic heterocycles. The molecule has 4 aromatic rings. The summed E-state index contributed by atoms with van der Waals surface area (Å²) in [7, 11) is 1.63. The third kappa shape index (κ3) is 4.65. The lowest BCUT2D eigenvalue weighted by Crippen LogP contribution is -2.33. The van der Waals surface area contributed by atoms with Gasteiger partial charge in [-0.15, -0.1) is 5.10 Å². The van der Waals surface area contributed by atoms with E-state index < -0.39 is 5.92 Å². The molecule has 0 saturated carbocycles. The molecule has 2 aromatic carbocycles. The number of methoxy groups -OCH3 is 1. The second kappa shape index (κ2) is 9.65. The van der Waals surface area contributed by atoms with Crippen molar-refractivity contribution in [1.29, 1.82) is 0 Å². The van der Waals surface area contributed by atoms with Crippen molar-refractivity contribution in [2.45, 2.75) is 46.1 Å². The van der Waals surface area contributed by atoms with Gasteiger partial charge in [0.2, 0.25) is 5.88 Å². The highest BCUT2D eigenvalue weighted by atomic mass is 16.6. The first-order chi connectivity index (χ1) is 18.8. The molecule has 39 heavy (non-hydrogen) atoms. The Bertz CT molecular complexity index is 1620. The fourth-order valence-corrected chi connectivity index (χ4v) is 5.30. The van der Waals surface area contributed by atoms with Crippen molar-refractivity contribution in [3.05, 3.63) is 94.8 Å². The van der Waals surface area contributed by atoms with Crippen molar-refractivity contribution in [3.8, 4) is 11.6 Å². The summed E-state index contributed by atoms with van der Waals surface area (Å²) in [4.78, 5) is 28.5. The summed E-state index contributed by atoms with van der Waals surface area (Å²) in [5, 5.41) is 8.79. The predicted molar refractivity (Wildman–Crippen MR) is 145 cm³/mol. The maximum Gasteiger partial charge on any atom is 0.228 e. The summed E-state index contributed by atoms with van der Waals surface area (Å²) >= 11 is 0. The molecule has 6 rings (SSSR count). The van der Waals surface area contributed by atoms with E-state index in [0.29, 0.717) is 47.1 Å². The van der Waals surface area contributed by atoms with Crippen LogP contribution in [0.5, 0.6) is 11.6 Å². The van der Waals surface area contributed by atoms with Gasteiger partial charge in [-0.25, -0.2) is 14.5 Å². The number of carbonyl (C=O) groups is 1. The Labute approximate surface area is 226 Å². The fraction of sp³-hybridized carbons (Fsp3) is 0.300. The van der Waals surface area contributed by atoms with Gasteiger partial charge >= 0.3 is 0 Å². The lowest BCUT2D eigenvalue weighted by Gasteiger charge is -2.37. The highest BCUT2D eigenvalue weighted by Gasteiger charge is 2.44. The SMILES string of the molecule is COc1ccc(C2C3=C(CC(C)(C)CC3=O)Oc3ncn4nc(CO/N=C(/C)c5ccccc5)nc4c32)cc1. The van der Waals surface area contributed by atoms with Gasteiger partial charge in [0.15, 0.2) is 23.9 Å². The largest absolute Gasteiger partial charge is 0.497 e. The van der Waals surface area contributed by atoms with Crippen molar-refractivity contribution in [2.24, 2.45) is 10.6 Å². The molecule has 9 nitrogen and oxygen atoms in total. The molecule has 2 aliphatic rings. The third-order valence-corrected chi connectivity index (χ3v) is 7.14. The van der Waals surface area contributed by atoms with Gasteiger partial charge in [-0.3, -0.25) is 4.79 Å². The molecular formula is C30H29N5O4. The topological polar surface area (TPSA) is 100 Å². The molecule has 1 unspecified atom stereocenters. The zero-order chi connectivity index (χ0) is 27.1. The van der Waals surface area contributed by atoms with Gasteiger partial charge in [0.25, 0.3) is 0 Å². The van der Waals surface area contributed by atoms with Crippen LogP contribution in [0, 0.1) is 5.41 Å². The van der Waals surface area contributed by atoms with Gasteiger partial charge in [-0.1, -0.05) is 61.5 Å². The van der Waals surface area contributed by atoms with Gasteiger partial charge in [-0.2, -0.15) is 0 Å². The summed E-state index contributed by atoms with van der Waals surface area (Å²) < 4.78 is 13.3. The molecule has 0 amide bonds. The standard InChI is InChI=1S/C30H29N5O4/c1-18(19-8-6-5-7-9-19)34-38-16-24-32-28-27-25(20-10-12-21(37-4)13-11-20)26-22(36)14-30(2,3)15-23(26)39-29(27)31-17-35(28)33-24/h5-13,17,25H,14-16H2,1-4H3/b34-18-. The van der Waals surface area contributed by atoms with Crippen LogP contribution in [0.4, 0.5) is 0 Å². The molecule has 1 aliphatic carbocycles. The van der Waals surface area contributed by atoms with Crippen molar-refractivity contribution < 1.29 is 19.1 Å². The number of nitrogens with zero attached hydrogens (tertiary/aromatic N) is 5. The molecule has 0 saturated heterocycles. The molecule has 1 atom stereocenters. The highest BCUT2D eigenvalue weighted by Crippen LogP contribution is 2.50. The Morgan fingerprint density at radius 1 is 1.13 bits per heavy atom. The Morgan fingerprint density at radius 3 is 2.64 bits per heavy atom. The van der Waals surface area contributed by atoms with E-state index in [2.05, 4.69) is 29.1 Å². The summed E-state index contributed by atoms with van der Waals surface area (Å²) in [5.41, 5.74) is 4.39. The minimum atomic E-state index is -0.397. The van der Waals surface area contributed by atoms with Crippen LogP contribution < -0.4 is 9.47 Å². The van der Waals surface area contributed by atoms with Crippen LogP contribution in [-0.4, -0.2) is 38.2 Å². The molecule has 0 N–H and O–H groups in total. The zero-order valence-corrected chi connectivity index (χ0v) is 22.3. The summed E-state index contributed by atoms with van der Waals surface area (Å²) in [5.74, 6) is 1.97. The van der Waals surface area contributed by atoms with Crippen molar-refractivity contribution in [2.75, 3.05) is 7.11 Å². The number of rotatable bonds is 6. The molecule has 0 bridgehead atoms. The van der Waals surface area contributed by atoms with E-state index in [1.165, 1.54) is 0 Å². The molecule has 3 heterocycles. The Kier molecular flexibility index (Phi) is 6.13. The number of carbonyl (C=O) groups excluding carboxylic acids is 1. The Balaban J connectivity index is 1.40. The second-order valence-corrected chi connectivity index (χ2v) is 10.7. The lowest BCUT2D eigenvalue weighted by atomic mass is 9.70. The van der Waals surface area contributed by atoms with Crippen molar-refractivity contribution in [1.82, 2.24) is 19.6 Å². The maximum absolute atomic E-state index is 13.6. The molecule has 0 fully saturated rings. The van der Waals surface area contributed by atoms with Gasteiger partial charge in [-0.05, 0) is 35.6 Å². The number of hydrogen-bond donors (Lipinski definition) is 0. The van der Waals surface area contributed by atoms with Crippen LogP contribution in [0.15, 0.2) is 77.4 Å². The van der Waals surface area contributed by atoms with Crippen molar-refractivity contribution >= 4 is 17.1 Å². The third-order valence-electron chi connectivity index (χ3n) is 7.14. The van der Waals surface area contributed by atoms with E-state index in [1.807, 2.05) is 61.5 Å². The number of allylic oxidation sites excluding steroid dienone is 2. The van der Waals surface area contributed by atoms with Crippen LogP contribution in [0.25, 0.3) is 5.65 Å². The van der Waals surface area contributed by atoms with E-state index >= 15 is 0 Å². The summed E-state index contributed by atoms with van der Waals surface area (Å²) in [6, 6.07) is 17.5. The molecule has 0 spiro atoms. The number of ketones is 1. The van der Waals surface area contributed by atoms with Gasteiger partial charge in [0.05, 0.1) is 18.4 Å². The zero-order valence-electron chi connectivity index (χ0n) is 22.3. The van der Waals surface area contributed by atoms with Gasteiger partial charge < -0.3 is 14.3 Å². The lowest BCUT2D eigenvalue weighted by molar-refractivity contribution is -0.118. The highest BCUT2D eigenvalue weighted by molar-refractivity contribution is 6.00. The quantitative estimate of drug-likeness (QED) is 0.252. The number of oxime groups is 1. The molecule has 2 aromatic heterocycles. The van der Waals surface area contributed by atoms with E-state index in [1.54, 1.807) is 18.0 Å². The van der Waals surface area contributed by atoms with Crippen molar-refractivity contribution in [3.63, 3.8) is 0 Å². The number of aromatic nitrogens is 4. The maximum atomic E-state index is 13.6. The predicted octanol–water partition coefficient (Wildman–Crippen LogP) is 5.24. The number of Topliss-reactive ketones (excluding diaryl/α,β-unsaturated/α-hetero) is 1. The van der Waals surface area contributed by atoms with Crippen LogP contribution >= 0.6 is 0 Å². The first kappa shape index (κ1) is 24.8. The van der Waals surface area contributed by atoms with E-state index in [0.717, 1.165) is 22.6 Å². The fourth-order valence-electron chi connectivity index (χ4n) is 5.30. The minimum Gasteiger partial charge on any atom is -0.497 e. The first-order valence-corrected chi connectivity index (χ1v) is 12.9. The summed E-state index contributed by atoms with van der Waals surface area (Å²) in [6.07, 6.45) is 2.67. The average Bonchev–Trinajstić information content (AvgIpc) is 3.35.